The molecule has 49 heavy (non-hydrogen) atoms. The van der Waals surface area contributed by atoms with Gasteiger partial charge in [0.05, 0.1) is 44.5 Å². The van der Waals surface area contributed by atoms with Gasteiger partial charge in [-0.1, -0.05) is 43.3 Å². The predicted octanol–water partition coefficient (Wildman–Crippen LogP) is 4.50. The number of methoxy groups -OCH3 is 1. The molecule has 5 atom stereocenters. The van der Waals surface area contributed by atoms with E-state index in [0.717, 1.165) is 28.8 Å². The first-order chi connectivity index (χ1) is 23.5. The lowest BCUT2D eigenvalue weighted by molar-refractivity contribution is -0.151. The Morgan fingerprint density at radius 1 is 1.06 bits per heavy atom. The molecule has 2 saturated heterocycles. The smallest absolute Gasteiger partial charge is 0.264 e. The van der Waals surface area contributed by atoms with E-state index in [4.69, 9.17) is 9.47 Å². The van der Waals surface area contributed by atoms with Crippen molar-refractivity contribution in [1.82, 2.24) is 4.90 Å². The third kappa shape index (κ3) is 5.66. The van der Waals surface area contributed by atoms with Gasteiger partial charge in [0.15, 0.2) is 13.9 Å². The normalized spacial score (nSPS) is 26.4. The molecule has 11 heteroatoms. The maximum absolute atomic E-state index is 14.9. The third-order valence-corrected chi connectivity index (χ3v) is 13.6. The first kappa shape index (κ1) is 33.5. The van der Waals surface area contributed by atoms with Crippen molar-refractivity contribution < 1.29 is 33.8 Å². The van der Waals surface area contributed by atoms with Gasteiger partial charge in [-0.05, 0) is 73.0 Å². The Hall–Kier alpha value is -4.03. The fourth-order valence-electron chi connectivity index (χ4n) is 8.80. The minimum Gasteiger partial charge on any atom is -0.497 e. The zero-order valence-corrected chi connectivity index (χ0v) is 29.6. The summed E-state index contributed by atoms with van der Waals surface area (Å²) in [6.45, 7) is 6.79. The van der Waals surface area contributed by atoms with Gasteiger partial charge < -0.3 is 34.1 Å². The van der Waals surface area contributed by atoms with Gasteiger partial charge in [0, 0.05) is 42.2 Å². The quantitative estimate of drug-likeness (QED) is 0.336. The predicted molar refractivity (Wildman–Crippen MR) is 188 cm³/mol. The lowest BCUT2D eigenvalue weighted by Gasteiger charge is -2.37. The summed E-state index contributed by atoms with van der Waals surface area (Å²) in [4.78, 5) is 58.6. The van der Waals surface area contributed by atoms with Crippen molar-refractivity contribution in [3.05, 3.63) is 89.0 Å². The molecule has 3 amide bonds. The van der Waals surface area contributed by atoms with E-state index in [0.29, 0.717) is 42.9 Å². The number of hydrogen-bond acceptors (Lipinski definition) is 7. The summed E-state index contributed by atoms with van der Waals surface area (Å²) in [6.07, 6.45) is 1.16. The van der Waals surface area contributed by atoms with Gasteiger partial charge in [-0.2, -0.15) is 0 Å². The largest absolute Gasteiger partial charge is 0.497 e. The fraction of sp³-hybridized carbons (Fsp3) is 0.447. The SMILES string of the molecule is COc1ccc2c(c1)[C@]1(O[C@@H](CC(=O)N3Cc4ccccc4C[C@H]3CO)[C@H]([Si](C)(C)O)[C@H]1C)C(=O)N2Cc1cccc(N2CCCC2=O)c1. The molecule has 0 radical (unpaired) electrons. The van der Waals surface area contributed by atoms with Crippen LogP contribution < -0.4 is 14.5 Å². The van der Waals surface area contributed by atoms with Crippen LogP contribution in [0.4, 0.5) is 11.4 Å². The summed E-state index contributed by atoms with van der Waals surface area (Å²) in [5.74, 6) is -0.200. The monoisotopic (exact) mass is 683 g/mol. The van der Waals surface area contributed by atoms with E-state index in [1.807, 2.05) is 86.7 Å². The molecule has 0 aliphatic carbocycles. The standard InChI is InChI=1S/C38H45N3O7Si/c1-24-36(49(3,4)46)33(20-35(44)40-22-27-11-6-5-10-26(27)18-29(40)23-42)48-38(24)31-19-30(47-2)14-15-32(31)41(37(38)45)21-25-9-7-12-28(17-25)39-16-8-13-34(39)43/h5-7,9-12,14-15,17,19,24,29,33,36,42,46H,8,13,16,18,20-23H2,1-4H3/t24-,29+,33+,36-,38+/m1/s1. The molecule has 0 saturated carbocycles. The Labute approximate surface area is 288 Å². The van der Waals surface area contributed by atoms with E-state index >= 15 is 0 Å². The van der Waals surface area contributed by atoms with Crippen LogP contribution in [0, 0.1) is 5.92 Å². The number of hydrogen-bond donors (Lipinski definition) is 2. The number of fused-ring (bicyclic) bond motifs is 3. The van der Waals surface area contributed by atoms with Gasteiger partial charge in [0.1, 0.15) is 5.75 Å². The van der Waals surface area contributed by atoms with Crippen molar-refractivity contribution in [2.24, 2.45) is 5.92 Å². The highest BCUT2D eigenvalue weighted by Gasteiger charge is 2.66. The molecule has 0 aromatic heterocycles. The molecular formula is C38H45N3O7Si. The molecule has 10 nitrogen and oxygen atoms in total. The Kier molecular flexibility index (Phi) is 8.67. The van der Waals surface area contributed by atoms with Crippen molar-refractivity contribution in [2.75, 3.05) is 30.1 Å². The molecule has 3 aromatic rings. The van der Waals surface area contributed by atoms with Crippen LogP contribution in [-0.4, -0.2) is 73.2 Å². The number of ether oxygens (including phenoxy) is 2. The summed E-state index contributed by atoms with van der Waals surface area (Å²) >= 11 is 0. The van der Waals surface area contributed by atoms with Gasteiger partial charge in [0.2, 0.25) is 11.8 Å². The Morgan fingerprint density at radius 3 is 2.53 bits per heavy atom. The third-order valence-electron chi connectivity index (χ3n) is 11.1. The van der Waals surface area contributed by atoms with Crippen molar-refractivity contribution in [1.29, 1.82) is 0 Å². The number of nitrogens with zero attached hydrogens (tertiary/aromatic N) is 3. The van der Waals surface area contributed by atoms with Crippen molar-refractivity contribution >= 4 is 37.4 Å². The summed E-state index contributed by atoms with van der Waals surface area (Å²) < 4.78 is 12.6. The molecular weight excluding hydrogens is 639 g/mol. The first-order valence-corrected chi connectivity index (χ1v) is 20.3. The molecule has 4 aliphatic heterocycles. The number of rotatable bonds is 8. The second-order valence-corrected chi connectivity index (χ2v) is 18.5. The molecule has 2 fully saturated rings. The number of amides is 3. The summed E-state index contributed by atoms with van der Waals surface area (Å²) in [5.41, 5.74) is 3.33. The second-order valence-electron chi connectivity index (χ2n) is 14.5. The van der Waals surface area contributed by atoms with E-state index in [-0.39, 0.29) is 43.3 Å². The average Bonchev–Trinajstić information content (AvgIpc) is 3.72. The van der Waals surface area contributed by atoms with E-state index in [1.54, 1.807) is 21.8 Å². The number of anilines is 2. The number of benzene rings is 3. The van der Waals surface area contributed by atoms with Gasteiger partial charge in [0.25, 0.3) is 5.91 Å². The molecule has 1 spiro atoms. The molecule has 4 aliphatic rings. The van der Waals surface area contributed by atoms with Crippen LogP contribution in [0.2, 0.25) is 18.6 Å². The van der Waals surface area contributed by atoms with E-state index in [1.165, 1.54) is 0 Å². The van der Waals surface area contributed by atoms with Crippen LogP contribution >= 0.6 is 0 Å². The van der Waals surface area contributed by atoms with E-state index < -0.39 is 31.5 Å². The maximum Gasteiger partial charge on any atom is 0.264 e. The van der Waals surface area contributed by atoms with Crippen molar-refractivity contribution in [3.8, 4) is 5.75 Å². The van der Waals surface area contributed by atoms with Gasteiger partial charge in [-0.3, -0.25) is 14.4 Å². The highest BCUT2D eigenvalue weighted by molar-refractivity contribution is 6.71. The van der Waals surface area contributed by atoms with Gasteiger partial charge in [-0.25, -0.2) is 0 Å². The highest BCUT2D eigenvalue weighted by Crippen LogP contribution is 2.60. The number of carbonyl (C=O) groups excluding carboxylic acids is 3. The Bertz CT molecular complexity index is 1790. The average molecular weight is 684 g/mol. The zero-order valence-electron chi connectivity index (χ0n) is 28.6. The highest BCUT2D eigenvalue weighted by atomic mass is 28.4. The van der Waals surface area contributed by atoms with Crippen LogP contribution in [0.25, 0.3) is 0 Å². The fourth-order valence-corrected chi connectivity index (χ4v) is 11.4. The van der Waals surface area contributed by atoms with Crippen molar-refractivity contribution in [3.63, 3.8) is 0 Å². The van der Waals surface area contributed by atoms with Crippen LogP contribution in [-0.2, 0) is 44.2 Å². The molecule has 7 rings (SSSR count). The Balaban J connectivity index is 1.23. The Morgan fingerprint density at radius 2 is 1.84 bits per heavy atom. The van der Waals surface area contributed by atoms with Crippen molar-refractivity contribution in [2.45, 2.75) is 82.1 Å². The second kappa shape index (κ2) is 12.7. The van der Waals surface area contributed by atoms with E-state index in [9.17, 15) is 24.3 Å². The minimum absolute atomic E-state index is 0.0229. The molecule has 3 aromatic carbocycles. The summed E-state index contributed by atoms with van der Waals surface area (Å²) in [6, 6.07) is 20.9. The van der Waals surface area contributed by atoms with Crippen LogP contribution in [0.3, 0.4) is 0 Å². The minimum atomic E-state index is -3.03. The lowest BCUT2D eigenvalue weighted by Crippen LogP contribution is -2.48. The molecule has 4 heterocycles. The summed E-state index contributed by atoms with van der Waals surface area (Å²) in [7, 11) is -1.45. The molecule has 258 valence electrons. The lowest BCUT2D eigenvalue weighted by atomic mass is 9.82. The molecule has 2 N–H and O–H groups in total. The number of aliphatic hydroxyl groups excluding tert-OH is 1. The van der Waals surface area contributed by atoms with Crippen LogP contribution in [0.15, 0.2) is 66.7 Å². The molecule has 0 bridgehead atoms. The van der Waals surface area contributed by atoms with E-state index in [2.05, 4.69) is 0 Å². The summed E-state index contributed by atoms with van der Waals surface area (Å²) in [5, 5.41) is 10.3. The number of aliphatic hydroxyl groups is 1. The maximum atomic E-state index is 14.9. The zero-order chi connectivity index (χ0) is 34.7. The molecule has 0 unspecified atom stereocenters. The van der Waals surface area contributed by atoms with Crippen LogP contribution in [0.5, 0.6) is 5.75 Å². The number of carbonyl (C=O) groups is 3. The van der Waals surface area contributed by atoms with Gasteiger partial charge in [-0.15, -0.1) is 0 Å². The van der Waals surface area contributed by atoms with Gasteiger partial charge >= 0.3 is 0 Å². The topological polar surface area (TPSA) is 120 Å². The van der Waals surface area contributed by atoms with Crippen LogP contribution in [0.1, 0.15) is 48.4 Å². The first-order valence-electron chi connectivity index (χ1n) is 17.2.